The molecule has 0 radical (unpaired) electrons. The van der Waals surface area contributed by atoms with Crippen LogP contribution in [0.1, 0.15) is 6.92 Å². The van der Waals surface area contributed by atoms with Crippen LogP contribution in [0, 0.1) is 10.1 Å². The van der Waals surface area contributed by atoms with Crippen molar-refractivity contribution in [3.63, 3.8) is 0 Å². The van der Waals surface area contributed by atoms with Gasteiger partial charge in [-0.1, -0.05) is 36.4 Å². The fraction of sp³-hybridized carbons (Fsp3) is 0.0952. The minimum absolute atomic E-state index is 0.117. The van der Waals surface area contributed by atoms with Gasteiger partial charge in [0.15, 0.2) is 0 Å². The Morgan fingerprint density at radius 3 is 2.66 bits per heavy atom. The smallest absolute Gasteiger partial charge is 0.333 e. The quantitative estimate of drug-likeness (QED) is 0.374. The first-order valence-electron chi connectivity index (χ1n) is 9.10. The SMILES string of the molecule is CCN(c1ncnc(Nc2cccnc2)c1[N+](=O)[O-])c1cccc2ccccc12. The third kappa shape index (κ3) is 3.55. The van der Waals surface area contributed by atoms with Crippen molar-refractivity contribution in [3.8, 4) is 0 Å². The van der Waals surface area contributed by atoms with Crippen LogP contribution < -0.4 is 10.2 Å². The number of benzene rings is 2. The molecule has 0 unspecified atom stereocenters. The highest BCUT2D eigenvalue weighted by molar-refractivity contribution is 5.96. The van der Waals surface area contributed by atoms with Crippen molar-refractivity contribution in [2.75, 3.05) is 16.8 Å². The van der Waals surface area contributed by atoms with Gasteiger partial charge >= 0.3 is 5.69 Å². The number of nitrogens with one attached hydrogen (secondary N) is 1. The standard InChI is InChI=1S/C21H18N6O2/c1-2-26(18-11-5-8-15-7-3-4-10-17(15)18)21-19(27(28)29)20(23-14-24-21)25-16-9-6-12-22-13-16/h3-14H,2H2,1H3,(H,23,24,25). The summed E-state index contributed by atoms with van der Waals surface area (Å²) in [5, 5.41) is 17.0. The number of pyridine rings is 1. The Hall–Kier alpha value is -4.07. The van der Waals surface area contributed by atoms with Crippen LogP contribution in [0.4, 0.5) is 28.7 Å². The Bertz CT molecular complexity index is 1160. The lowest BCUT2D eigenvalue weighted by Crippen LogP contribution is -2.20. The maximum atomic E-state index is 12.0. The van der Waals surface area contributed by atoms with Crippen LogP contribution in [0.25, 0.3) is 10.8 Å². The van der Waals surface area contributed by atoms with E-state index >= 15 is 0 Å². The molecule has 0 amide bonds. The molecule has 8 nitrogen and oxygen atoms in total. The first-order valence-corrected chi connectivity index (χ1v) is 9.10. The molecule has 0 spiro atoms. The number of rotatable bonds is 6. The van der Waals surface area contributed by atoms with Crippen molar-refractivity contribution < 1.29 is 4.92 Å². The van der Waals surface area contributed by atoms with Crippen LogP contribution in [0.5, 0.6) is 0 Å². The second-order valence-electron chi connectivity index (χ2n) is 6.26. The third-order valence-corrected chi connectivity index (χ3v) is 4.54. The lowest BCUT2D eigenvalue weighted by Gasteiger charge is -2.24. The zero-order chi connectivity index (χ0) is 20.2. The highest BCUT2D eigenvalue weighted by Crippen LogP contribution is 2.39. The van der Waals surface area contributed by atoms with Gasteiger partial charge in [0.05, 0.1) is 22.5 Å². The lowest BCUT2D eigenvalue weighted by molar-refractivity contribution is -0.383. The minimum Gasteiger partial charge on any atom is -0.333 e. The first-order chi connectivity index (χ1) is 14.2. The molecule has 2 heterocycles. The van der Waals surface area contributed by atoms with E-state index in [0.717, 1.165) is 16.5 Å². The second kappa shape index (κ2) is 7.89. The zero-order valence-electron chi connectivity index (χ0n) is 15.7. The summed E-state index contributed by atoms with van der Waals surface area (Å²) in [5.41, 5.74) is 1.26. The molecule has 0 saturated carbocycles. The van der Waals surface area contributed by atoms with Crippen molar-refractivity contribution in [3.05, 3.63) is 83.4 Å². The Morgan fingerprint density at radius 2 is 1.90 bits per heavy atom. The van der Waals surface area contributed by atoms with Gasteiger partial charge in [-0.05, 0) is 30.5 Å². The fourth-order valence-electron chi connectivity index (χ4n) is 3.28. The highest BCUT2D eigenvalue weighted by Gasteiger charge is 2.28. The van der Waals surface area contributed by atoms with Crippen molar-refractivity contribution in [1.29, 1.82) is 0 Å². The number of hydrogen-bond acceptors (Lipinski definition) is 7. The molecule has 29 heavy (non-hydrogen) atoms. The summed E-state index contributed by atoms with van der Waals surface area (Å²) < 4.78 is 0. The number of hydrogen-bond donors (Lipinski definition) is 1. The molecule has 144 valence electrons. The summed E-state index contributed by atoms with van der Waals surface area (Å²) in [5.74, 6) is 0.349. The number of fused-ring (bicyclic) bond motifs is 1. The molecule has 0 aliphatic rings. The van der Waals surface area contributed by atoms with Crippen molar-refractivity contribution in [1.82, 2.24) is 15.0 Å². The molecule has 2 aromatic carbocycles. The monoisotopic (exact) mass is 386 g/mol. The van der Waals surface area contributed by atoms with E-state index in [0.29, 0.717) is 12.2 Å². The first kappa shape index (κ1) is 18.3. The van der Waals surface area contributed by atoms with Crippen LogP contribution in [0.3, 0.4) is 0 Å². The van der Waals surface area contributed by atoms with Crippen molar-refractivity contribution >= 4 is 39.5 Å². The lowest BCUT2D eigenvalue weighted by atomic mass is 10.1. The fourth-order valence-corrected chi connectivity index (χ4v) is 3.28. The van der Waals surface area contributed by atoms with Gasteiger partial charge in [-0.3, -0.25) is 15.1 Å². The van der Waals surface area contributed by atoms with Gasteiger partial charge in [-0.25, -0.2) is 9.97 Å². The van der Waals surface area contributed by atoms with Gasteiger partial charge in [0.25, 0.3) is 0 Å². The van der Waals surface area contributed by atoms with Crippen LogP contribution in [-0.2, 0) is 0 Å². The van der Waals surface area contributed by atoms with E-state index in [1.165, 1.54) is 6.33 Å². The summed E-state index contributed by atoms with van der Waals surface area (Å²) in [6.07, 6.45) is 4.53. The van der Waals surface area contributed by atoms with Crippen molar-refractivity contribution in [2.45, 2.75) is 6.92 Å². The number of aromatic nitrogens is 3. The molecule has 2 aromatic heterocycles. The van der Waals surface area contributed by atoms with Crippen LogP contribution >= 0.6 is 0 Å². The number of anilines is 4. The molecule has 4 aromatic rings. The van der Waals surface area contributed by atoms with E-state index in [9.17, 15) is 10.1 Å². The molecule has 8 heteroatoms. The van der Waals surface area contributed by atoms with Gasteiger partial charge in [-0.15, -0.1) is 0 Å². The van der Waals surface area contributed by atoms with Gasteiger partial charge in [-0.2, -0.15) is 0 Å². The maximum Gasteiger partial charge on any atom is 0.354 e. The Morgan fingerprint density at radius 1 is 1.07 bits per heavy atom. The summed E-state index contributed by atoms with van der Waals surface area (Å²) in [7, 11) is 0. The predicted octanol–water partition coefficient (Wildman–Crippen LogP) is 4.83. The zero-order valence-corrected chi connectivity index (χ0v) is 15.7. The van der Waals surface area contributed by atoms with Crippen molar-refractivity contribution in [2.24, 2.45) is 0 Å². The minimum atomic E-state index is -0.457. The average Bonchev–Trinajstić information content (AvgIpc) is 2.75. The van der Waals surface area contributed by atoms with E-state index < -0.39 is 4.92 Å². The molecule has 4 rings (SSSR count). The molecule has 0 atom stereocenters. The average molecular weight is 386 g/mol. The molecule has 0 aliphatic carbocycles. The number of nitro groups is 1. The number of nitrogens with zero attached hydrogens (tertiary/aromatic N) is 5. The Balaban J connectivity index is 1.86. The third-order valence-electron chi connectivity index (χ3n) is 4.54. The maximum absolute atomic E-state index is 12.0. The van der Waals surface area contributed by atoms with E-state index in [1.807, 2.05) is 54.3 Å². The second-order valence-corrected chi connectivity index (χ2v) is 6.26. The topological polar surface area (TPSA) is 97.1 Å². The summed E-state index contributed by atoms with van der Waals surface area (Å²) >= 11 is 0. The highest BCUT2D eigenvalue weighted by atomic mass is 16.6. The Kier molecular flexibility index (Phi) is 4.98. The largest absolute Gasteiger partial charge is 0.354 e. The van der Waals surface area contributed by atoms with Crippen LogP contribution in [-0.4, -0.2) is 26.4 Å². The van der Waals surface area contributed by atoms with E-state index in [2.05, 4.69) is 20.3 Å². The van der Waals surface area contributed by atoms with Gasteiger partial charge in [0, 0.05) is 18.1 Å². The normalized spacial score (nSPS) is 10.7. The van der Waals surface area contributed by atoms with Gasteiger partial charge in [0.1, 0.15) is 6.33 Å². The molecule has 0 aliphatic heterocycles. The van der Waals surface area contributed by atoms with Crippen LogP contribution in [0.2, 0.25) is 0 Å². The molecule has 0 saturated heterocycles. The van der Waals surface area contributed by atoms with E-state index in [4.69, 9.17) is 0 Å². The Labute approximate surface area is 167 Å². The molecule has 1 N–H and O–H groups in total. The molecule has 0 bridgehead atoms. The summed E-state index contributed by atoms with van der Waals surface area (Å²) in [6, 6.07) is 17.3. The molecule has 0 fully saturated rings. The van der Waals surface area contributed by atoms with Gasteiger partial charge < -0.3 is 10.2 Å². The molecular formula is C21H18N6O2. The van der Waals surface area contributed by atoms with E-state index in [1.54, 1.807) is 24.5 Å². The predicted molar refractivity (Wildman–Crippen MR) is 113 cm³/mol. The van der Waals surface area contributed by atoms with E-state index in [-0.39, 0.29) is 17.3 Å². The summed E-state index contributed by atoms with van der Waals surface area (Å²) in [4.78, 5) is 25.8. The molecular weight excluding hydrogens is 368 g/mol. The van der Waals surface area contributed by atoms with Crippen LogP contribution in [0.15, 0.2) is 73.3 Å². The summed E-state index contributed by atoms with van der Waals surface area (Å²) in [6.45, 7) is 2.43. The van der Waals surface area contributed by atoms with Gasteiger partial charge in [0.2, 0.25) is 11.6 Å².